The Morgan fingerprint density at radius 3 is 2.03 bits per heavy atom. The summed E-state index contributed by atoms with van der Waals surface area (Å²) in [6.45, 7) is 1.27. The van der Waals surface area contributed by atoms with Gasteiger partial charge in [0.2, 0.25) is 0 Å². The molecule has 0 saturated heterocycles. The Kier molecular flexibility index (Phi) is 5.75. The third-order valence-electron chi connectivity index (χ3n) is 4.68. The van der Waals surface area contributed by atoms with Crippen molar-refractivity contribution in [2.45, 2.75) is 18.7 Å². The minimum Gasteiger partial charge on any atom is -0.384 e. The predicted molar refractivity (Wildman–Crippen MR) is 105 cm³/mol. The van der Waals surface area contributed by atoms with Gasteiger partial charge in [0.25, 0.3) is 5.91 Å². The Bertz CT molecular complexity index is 981. The van der Waals surface area contributed by atoms with Gasteiger partial charge in [0.05, 0.1) is 17.7 Å². The van der Waals surface area contributed by atoms with Crippen LogP contribution in [0.1, 0.15) is 28.4 Å². The van der Waals surface area contributed by atoms with Crippen LogP contribution < -0.4 is 5.32 Å². The van der Waals surface area contributed by atoms with Crippen molar-refractivity contribution < 1.29 is 23.1 Å². The van der Waals surface area contributed by atoms with Gasteiger partial charge in [0.1, 0.15) is 5.60 Å². The van der Waals surface area contributed by atoms with Crippen LogP contribution in [-0.4, -0.2) is 17.6 Å². The molecule has 3 nitrogen and oxygen atoms in total. The van der Waals surface area contributed by atoms with Crippen LogP contribution in [-0.2, 0) is 11.8 Å². The van der Waals surface area contributed by atoms with Crippen molar-refractivity contribution in [2.24, 2.45) is 0 Å². The molecule has 0 spiro atoms. The molecule has 0 aliphatic carbocycles. The van der Waals surface area contributed by atoms with Gasteiger partial charge >= 0.3 is 6.18 Å². The van der Waals surface area contributed by atoms with E-state index in [1.807, 2.05) is 42.5 Å². The largest absolute Gasteiger partial charge is 0.417 e. The van der Waals surface area contributed by atoms with Gasteiger partial charge in [-0.1, -0.05) is 66.7 Å². The summed E-state index contributed by atoms with van der Waals surface area (Å²) in [6.07, 6.45) is -4.64. The highest BCUT2D eigenvalue weighted by Crippen LogP contribution is 2.32. The molecular weight excluding hydrogens is 379 g/mol. The summed E-state index contributed by atoms with van der Waals surface area (Å²) in [6, 6.07) is 21.4. The Morgan fingerprint density at radius 1 is 0.862 bits per heavy atom. The molecule has 0 heterocycles. The molecule has 0 fully saturated rings. The number of hydrogen-bond donors (Lipinski definition) is 2. The van der Waals surface area contributed by atoms with E-state index in [1.165, 1.54) is 19.1 Å². The molecular formula is C23H20F3NO2. The van der Waals surface area contributed by atoms with Crippen molar-refractivity contribution in [3.8, 4) is 11.1 Å². The van der Waals surface area contributed by atoms with Crippen LogP contribution in [0.25, 0.3) is 11.1 Å². The first-order valence-corrected chi connectivity index (χ1v) is 9.01. The fourth-order valence-electron chi connectivity index (χ4n) is 3.03. The molecule has 0 radical (unpaired) electrons. The monoisotopic (exact) mass is 399 g/mol. The summed E-state index contributed by atoms with van der Waals surface area (Å²) in [5, 5.41) is 13.1. The standard InChI is InChI=1S/C23H20F3NO2/c1-22(29,18-13-11-17(12-14-18)16-7-3-2-4-8-16)15-27-21(28)19-9-5-6-10-20(19)23(24,25)26/h2-14,29H,15H2,1H3,(H,27,28)/t22-/m0/s1. The highest BCUT2D eigenvalue weighted by molar-refractivity contribution is 5.95. The molecule has 2 N–H and O–H groups in total. The number of benzene rings is 3. The molecule has 1 amide bonds. The Hall–Kier alpha value is -3.12. The van der Waals surface area contributed by atoms with Crippen LogP contribution >= 0.6 is 0 Å². The number of carbonyl (C=O) groups is 1. The van der Waals surface area contributed by atoms with E-state index in [9.17, 15) is 23.1 Å². The summed E-state index contributed by atoms with van der Waals surface area (Å²) in [5.74, 6) is -0.890. The molecule has 3 aromatic rings. The Balaban J connectivity index is 1.73. The van der Waals surface area contributed by atoms with E-state index in [1.54, 1.807) is 12.1 Å². The molecule has 6 heteroatoms. The smallest absolute Gasteiger partial charge is 0.384 e. The van der Waals surface area contributed by atoms with Crippen LogP contribution in [0.3, 0.4) is 0 Å². The van der Waals surface area contributed by atoms with E-state index in [4.69, 9.17) is 0 Å². The van der Waals surface area contributed by atoms with Crippen molar-refractivity contribution in [1.29, 1.82) is 0 Å². The second-order valence-corrected chi connectivity index (χ2v) is 6.94. The van der Waals surface area contributed by atoms with E-state index < -0.39 is 28.8 Å². The lowest BCUT2D eigenvalue weighted by atomic mass is 9.93. The number of alkyl halides is 3. The van der Waals surface area contributed by atoms with Crippen LogP contribution in [0.15, 0.2) is 78.9 Å². The zero-order valence-electron chi connectivity index (χ0n) is 15.7. The molecule has 29 heavy (non-hydrogen) atoms. The first-order chi connectivity index (χ1) is 13.7. The van der Waals surface area contributed by atoms with E-state index in [0.29, 0.717) is 5.56 Å². The normalized spacial score (nSPS) is 13.6. The number of hydrogen-bond acceptors (Lipinski definition) is 2. The lowest BCUT2D eigenvalue weighted by molar-refractivity contribution is -0.137. The number of halogens is 3. The van der Waals surface area contributed by atoms with Gasteiger partial charge in [0.15, 0.2) is 0 Å². The van der Waals surface area contributed by atoms with Crippen molar-refractivity contribution in [2.75, 3.05) is 6.54 Å². The van der Waals surface area contributed by atoms with E-state index >= 15 is 0 Å². The maximum absolute atomic E-state index is 13.1. The SMILES string of the molecule is C[C@](O)(CNC(=O)c1ccccc1C(F)(F)F)c1ccc(-c2ccccc2)cc1. The highest BCUT2D eigenvalue weighted by Gasteiger charge is 2.35. The van der Waals surface area contributed by atoms with E-state index in [2.05, 4.69) is 5.32 Å². The minimum atomic E-state index is -4.64. The lowest BCUT2D eigenvalue weighted by Gasteiger charge is -2.25. The summed E-state index contributed by atoms with van der Waals surface area (Å²) in [7, 11) is 0. The predicted octanol–water partition coefficient (Wildman–Crippen LogP) is 5.01. The van der Waals surface area contributed by atoms with E-state index in [-0.39, 0.29) is 6.54 Å². The van der Waals surface area contributed by atoms with Crippen LogP contribution in [0.4, 0.5) is 13.2 Å². The maximum Gasteiger partial charge on any atom is 0.417 e. The quantitative estimate of drug-likeness (QED) is 0.634. The zero-order valence-corrected chi connectivity index (χ0v) is 15.7. The molecule has 150 valence electrons. The van der Waals surface area contributed by atoms with Crippen molar-refractivity contribution in [3.63, 3.8) is 0 Å². The molecule has 0 saturated carbocycles. The topological polar surface area (TPSA) is 49.3 Å². The average Bonchev–Trinajstić information content (AvgIpc) is 2.72. The van der Waals surface area contributed by atoms with Gasteiger partial charge in [-0.3, -0.25) is 4.79 Å². The number of rotatable bonds is 5. The van der Waals surface area contributed by atoms with Gasteiger partial charge in [-0.25, -0.2) is 0 Å². The number of nitrogens with one attached hydrogen (secondary N) is 1. The minimum absolute atomic E-state index is 0.233. The third kappa shape index (κ3) is 4.84. The second-order valence-electron chi connectivity index (χ2n) is 6.94. The summed E-state index contributed by atoms with van der Waals surface area (Å²) in [5.41, 5.74) is -0.400. The van der Waals surface area contributed by atoms with Crippen molar-refractivity contribution in [1.82, 2.24) is 5.32 Å². The van der Waals surface area contributed by atoms with E-state index in [0.717, 1.165) is 23.3 Å². The Labute approximate surface area is 166 Å². The highest BCUT2D eigenvalue weighted by atomic mass is 19.4. The third-order valence-corrected chi connectivity index (χ3v) is 4.68. The molecule has 0 aliphatic rings. The second kappa shape index (κ2) is 8.09. The van der Waals surface area contributed by atoms with Gasteiger partial charge in [0, 0.05) is 0 Å². The van der Waals surface area contributed by atoms with Gasteiger partial charge < -0.3 is 10.4 Å². The van der Waals surface area contributed by atoms with Crippen LogP contribution in [0.5, 0.6) is 0 Å². The molecule has 3 aromatic carbocycles. The lowest BCUT2D eigenvalue weighted by Crippen LogP contribution is -2.39. The van der Waals surface area contributed by atoms with Crippen LogP contribution in [0, 0.1) is 0 Å². The molecule has 0 aliphatic heterocycles. The zero-order chi connectivity index (χ0) is 21.1. The van der Waals surface area contributed by atoms with Crippen LogP contribution in [0.2, 0.25) is 0 Å². The average molecular weight is 399 g/mol. The maximum atomic E-state index is 13.1. The van der Waals surface area contributed by atoms with Gasteiger partial charge in [-0.15, -0.1) is 0 Å². The number of carbonyl (C=O) groups excluding carboxylic acids is 1. The fraction of sp³-hybridized carbons (Fsp3) is 0.174. The summed E-state index contributed by atoms with van der Waals surface area (Å²) >= 11 is 0. The molecule has 0 aromatic heterocycles. The molecule has 1 atom stereocenters. The summed E-state index contributed by atoms with van der Waals surface area (Å²) < 4.78 is 39.3. The van der Waals surface area contributed by atoms with Crippen molar-refractivity contribution in [3.05, 3.63) is 95.6 Å². The molecule has 0 bridgehead atoms. The van der Waals surface area contributed by atoms with Gasteiger partial charge in [-0.05, 0) is 35.7 Å². The van der Waals surface area contributed by atoms with Crippen molar-refractivity contribution >= 4 is 5.91 Å². The number of aliphatic hydroxyl groups is 1. The van der Waals surface area contributed by atoms with Gasteiger partial charge in [-0.2, -0.15) is 13.2 Å². The molecule has 0 unspecified atom stereocenters. The Morgan fingerprint density at radius 2 is 1.41 bits per heavy atom. The fourth-order valence-corrected chi connectivity index (χ4v) is 3.03. The molecule has 3 rings (SSSR count). The first kappa shape index (κ1) is 20.6. The number of amides is 1. The summed E-state index contributed by atoms with van der Waals surface area (Å²) in [4.78, 5) is 12.3. The first-order valence-electron chi connectivity index (χ1n) is 9.01.